The smallest absolute Gasteiger partial charge is 0.234 e. The van der Waals surface area contributed by atoms with Gasteiger partial charge in [-0.15, -0.1) is 0 Å². The summed E-state index contributed by atoms with van der Waals surface area (Å²) < 4.78 is 0. The van der Waals surface area contributed by atoms with Gasteiger partial charge < -0.3 is 5.32 Å². The molecule has 0 saturated heterocycles. The Morgan fingerprint density at radius 1 is 1.10 bits per heavy atom. The van der Waals surface area contributed by atoms with Gasteiger partial charge in [0.2, 0.25) is 5.91 Å². The van der Waals surface area contributed by atoms with Crippen molar-refractivity contribution >= 4 is 5.91 Å². The first-order valence-corrected chi connectivity index (χ1v) is 7.77. The van der Waals surface area contributed by atoms with Crippen LogP contribution in [0.4, 0.5) is 0 Å². The number of hydrogen-bond donors (Lipinski definition) is 1. The first-order chi connectivity index (χ1) is 9.71. The van der Waals surface area contributed by atoms with Crippen molar-refractivity contribution in [1.82, 2.24) is 10.2 Å². The number of nitrogens with one attached hydrogen (secondary N) is 1. The predicted molar refractivity (Wildman–Crippen MR) is 84.6 cm³/mol. The van der Waals surface area contributed by atoms with E-state index in [0.717, 1.165) is 32.4 Å². The van der Waals surface area contributed by atoms with Gasteiger partial charge in [0.1, 0.15) is 0 Å². The molecule has 0 aromatic heterocycles. The molecular weight excluding hydrogens is 248 g/mol. The molecule has 0 aliphatic rings. The van der Waals surface area contributed by atoms with E-state index < -0.39 is 0 Å². The fraction of sp³-hybridized carbons (Fsp3) is 0.588. The lowest BCUT2D eigenvalue weighted by Crippen LogP contribution is -2.39. The van der Waals surface area contributed by atoms with Crippen LogP contribution in [-0.4, -0.2) is 30.4 Å². The van der Waals surface area contributed by atoms with E-state index in [1.54, 1.807) is 0 Å². The van der Waals surface area contributed by atoms with Gasteiger partial charge in [0.25, 0.3) is 0 Å². The molecule has 0 spiro atoms. The Bertz CT molecular complexity index is 372. The van der Waals surface area contributed by atoms with Crippen LogP contribution in [0.15, 0.2) is 30.3 Å². The molecule has 0 aliphatic carbocycles. The third-order valence-electron chi connectivity index (χ3n) is 3.39. The highest BCUT2D eigenvalue weighted by molar-refractivity contribution is 5.78. The SMILES string of the molecule is CCCN(CCC)CC(=O)NC(CC)c1ccccc1. The van der Waals surface area contributed by atoms with E-state index in [0.29, 0.717) is 6.54 Å². The van der Waals surface area contributed by atoms with E-state index in [1.807, 2.05) is 18.2 Å². The Morgan fingerprint density at radius 2 is 1.70 bits per heavy atom. The van der Waals surface area contributed by atoms with Crippen LogP contribution < -0.4 is 5.32 Å². The Kier molecular flexibility index (Phi) is 7.97. The Morgan fingerprint density at radius 3 is 2.20 bits per heavy atom. The van der Waals surface area contributed by atoms with Crippen molar-refractivity contribution in [3.8, 4) is 0 Å². The van der Waals surface area contributed by atoms with Crippen LogP contribution in [0.3, 0.4) is 0 Å². The summed E-state index contributed by atoms with van der Waals surface area (Å²) in [6, 6.07) is 10.3. The van der Waals surface area contributed by atoms with Crippen molar-refractivity contribution in [2.24, 2.45) is 0 Å². The molecule has 1 N–H and O–H groups in total. The quantitative estimate of drug-likeness (QED) is 0.750. The zero-order valence-corrected chi connectivity index (χ0v) is 13.1. The van der Waals surface area contributed by atoms with Crippen molar-refractivity contribution in [2.45, 2.75) is 46.1 Å². The number of carbonyl (C=O) groups excluding carboxylic acids is 1. The van der Waals surface area contributed by atoms with Gasteiger partial charge in [-0.05, 0) is 37.9 Å². The number of hydrogen-bond acceptors (Lipinski definition) is 2. The molecule has 1 aromatic carbocycles. The number of carbonyl (C=O) groups is 1. The lowest BCUT2D eigenvalue weighted by Gasteiger charge is -2.23. The molecule has 0 heterocycles. The van der Waals surface area contributed by atoms with Crippen LogP contribution in [0.2, 0.25) is 0 Å². The zero-order chi connectivity index (χ0) is 14.8. The minimum absolute atomic E-state index is 0.119. The molecule has 0 bridgehead atoms. The van der Waals surface area contributed by atoms with E-state index >= 15 is 0 Å². The standard InChI is InChI=1S/C17H28N2O/c1-4-12-19(13-5-2)14-17(20)18-16(6-3)15-10-8-7-9-11-15/h7-11,16H,4-6,12-14H2,1-3H3,(H,18,20). The molecule has 3 nitrogen and oxygen atoms in total. The molecule has 1 rings (SSSR count). The number of rotatable bonds is 9. The lowest BCUT2D eigenvalue weighted by molar-refractivity contribution is -0.123. The lowest BCUT2D eigenvalue weighted by atomic mass is 10.0. The van der Waals surface area contributed by atoms with Crippen LogP contribution in [0, 0.1) is 0 Å². The summed E-state index contributed by atoms with van der Waals surface area (Å²) in [5, 5.41) is 3.15. The summed E-state index contributed by atoms with van der Waals surface area (Å²) in [6.45, 7) is 8.89. The average Bonchev–Trinajstić information content (AvgIpc) is 2.46. The molecule has 1 unspecified atom stereocenters. The van der Waals surface area contributed by atoms with Gasteiger partial charge in [-0.25, -0.2) is 0 Å². The molecule has 3 heteroatoms. The Hall–Kier alpha value is -1.35. The predicted octanol–water partition coefficient (Wildman–Crippen LogP) is 3.38. The third-order valence-corrected chi connectivity index (χ3v) is 3.39. The van der Waals surface area contributed by atoms with Gasteiger partial charge in [-0.2, -0.15) is 0 Å². The largest absolute Gasteiger partial charge is 0.348 e. The van der Waals surface area contributed by atoms with Crippen LogP contribution in [0.5, 0.6) is 0 Å². The summed E-state index contributed by atoms with van der Waals surface area (Å²) in [5.41, 5.74) is 1.18. The van der Waals surface area contributed by atoms with Crippen LogP contribution >= 0.6 is 0 Å². The van der Waals surface area contributed by atoms with Crippen molar-refractivity contribution in [3.63, 3.8) is 0 Å². The second kappa shape index (κ2) is 9.54. The summed E-state index contributed by atoms with van der Waals surface area (Å²) >= 11 is 0. The third kappa shape index (κ3) is 5.74. The maximum atomic E-state index is 12.2. The highest BCUT2D eigenvalue weighted by atomic mass is 16.2. The van der Waals surface area contributed by atoms with Crippen LogP contribution in [0.25, 0.3) is 0 Å². The van der Waals surface area contributed by atoms with Gasteiger partial charge in [0.05, 0.1) is 12.6 Å². The van der Waals surface area contributed by atoms with E-state index in [4.69, 9.17) is 0 Å². The number of benzene rings is 1. The molecule has 1 amide bonds. The summed E-state index contributed by atoms with van der Waals surface area (Å²) in [6.07, 6.45) is 3.09. The number of nitrogens with zero attached hydrogens (tertiary/aromatic N) is 1. The molecule has 112 valence electrons. The first kappa shape index (κ1) is 16.7. The van der Waals surface area contributed by atoms with E-state index in [1.165, 1.54) is 5.56 Å². The molecular formula is C17H28N2O. The molecule has 0 saturated carbocycles. The molecule has 1 atom stereocenters. The van der Waals surface area contributed by atoms with Crippen molar-refractivity contribution < 1.29 is 4.79 Å². The van der Waals surface area contributed by atoms with E-state index in [-0.39, 0.29) is 11.9 Å². The second-order valence-electron chi connectivity index (χ2n) is 5.22. The zero-order valence-electron chi connectivity index (χ0n) is 13.1. The van der Waals surface area contributed by atoms with Gasteiger partial charge in [-0.3, -0.25) is 9.69 Å². The number of amides is 1. The first-order valence-electron chi connectivity index (χ1n) is 7.77. The van der Waals surface area contributed by atoms with Gasteiger partial charge in [0, 0.05) is 0 Å². The Balaban J connectivity index is 2.54. The minimum atomic E-state index is 0.119. The highest BCUT2D eigenvalue weighted by Gasteiger charge is 2.14. The monoisotopic (exact) mass is 276 g/mol. The van der Waals surface area contributed by atoms with Gasteiger partial charge in [0.15, 0.2) is 0 Å². The topological polar surface area (TPSA) is 32.3 Å². The molecule has 0 radical (unpaired) electrons. The average molecular weight is 276 g/mol. The van der Waals surface area contributed by atoms with Crippen molar-refractivity contribution in [1.29, 1.82) is 0 Å². The van der Waals surface area contributed by atoms with Crippen molar-refractivity contribution in [3.05, 3.63) is 35.9 Å². The molecule has 1 aromatic rings. The minimum Gasteiger partial charge on any atom is -0.348 e. The highest BCUT2D eigenvalue weighted by Crippen LogP contribution is 2.15. The van der Waals surface area contributed by atoms with Crippen LogP contribution in [-0.2, 0) is 4.79 Å². The van der Waals surface area contributed by atoms with E-state index in [9.17, 15) is 4.79 Å². The fourth-order valence-corrected chi connectivity index (χ4v) is 2.45. The summed E-state index contributed by atoms with van der Waals surface area (Å²) in [4.78, 5) is 14.4. The molecule has 20 heavy (non-hydrogen) atoms. The maximum absolute atomic E-state index is 12.2. The fourth-order valence-electron chi connectivity index (χ4n) is 2.45. The normalized spacial score (nSPS) is 12.4. The Labute approximate surface area is 123 Å². The maximum Gasteiger partial charge on any atom is 0.234 e. The van der Waals surface area contributed by atoms with Gasteiger partial charge in [-0.1, -0.05) is 51.1 Å². The van der Waals surface area contributed by atoms with E-state index in [2.05, 4.69) is 43.1 Å². The van der Waals surface area contributed by atoms with Crippen molar-refractivity contribution in [2.75, 3.05) is 19.6 Å². The summed E-state index contributed by atoms with van der Waals surface area (Å²) in [5.74, 6) is 0.127. The van der Waals surface area contributed by atoms with Gasteiger partial charge >= 0.3 is 0 Å². The molecule has 0 aliphatic heterocycles. The second-order valence-corrected chi connectivity index (χ2v) is 5.22. The molecule has 0 fully saturated rings. The van der Waals surface area contributed by atoms with Crippen LogP contribution in [0.1, 0.15) is 51.6 Å². The summed E-state index contributed by atoms with van der Waals surface area (Å²) in [7, 11) is 0.